The van der Waals surface area contributed by atoms with Crippen LogP contribution in [0.5, 0.6) is 0 Å². The van der Waals surface area contributed by atoms with Gasteiger partial charge >= 0.3 is 0 Å². The molecule has 0 spiro atoms. The Morgan fingerprint density at radius 1 is 1.45 bits per heavy atom. The molecule has 20 heavy (non-hydrogen) atoms. The van der Waals surface area contributed by atoms with Crippen LogP contribution in [0.1, 0.15) is 19.4 Å². The van der Waals surface area contributed by atoms with E-state index in [0.717, 1.165) is 6.07 Å². The molecule has 0 aromatic heterocycles. The molecular formula is C12H15N3O4S. The van der Waals surface area contributed by atoms with E-state index in [0.29, 0.717) is 0 Å². The summed E-state index contributed by atoms with van der Waals surface area (Å²) in [5.41, 5.74) is -1.10. The molecule has 0 bridgehead atoms. The van der Waals surface area contributed by atoms with E-state index in [9.17, 15) is 18.5 Å². The van der Waals surface area contributed by atoms with E-state index in [1.807, 2.05) is 6.07 Å². The third-order valence-electron chi connectivity index (χ3n) is 2.66. The van der Waals surface area contributed by atoms with E-state index in [1.54, 1.807) is 13.8 Å². The number of nitro benzene ring substituents is 1. The lowest BCUT2D eigenvalue weighted by Crippen LogP contribution is -2.33. The zero-order valence-corrected chi connectivity index (χ0v) is 12.2. The highest BCUT2D eigenvalue weighted by molar-refractivity contribution is 7.89. The van der Waals surface area contributed by atoms with Gasteiger partial charge in [-0.25, -0.2) is 13.1 Å². The molecule has 7 nitrogen and oxygen atoms in total. The van der Waals surface area contributed by atoms with Crippen LogP contribution in [0.3, 0.4) is 0 Å². The van der Waals surface area contributed by atoms with Gasteiger partial charge in [0.2, 0.25) is 10.0 Å². The first-order valence-corrected chi connectivity index (χ1v) is 7.24. The number of nitro groups is 1. The third kappa shape index (κ3) is 3.53. The number of sulfonamides is 1. The molecule has 1 rings (SSSR count). The number of rotatable bonds is 5. The molecule has 1 N–H and O–H groups in total. The molecule has 0 heterocycles. The predicted octanol–water partition coefficient (Wildman–Crippen LogP) is 1.73. The van der Waals surface area contributed by atoms with Gasteiger partial charge in [-0.15, -0.1) is 0 Å². The lowest BCUT2D eigenvalue weighted by atomic mass is 9.97. The molecule has 0 unspecified atom stereocenters. The normalized spacial score (nSPS) is 11.9. The van der Waals surface area contributed by atoms with Crippen molar-refractivity contribution >= 4 is 15.7 Å². The molecule has 1 aromatic carbocycles. The highest BCUT2D eigenvalue weighted by Gasteiger charge is 2.29. The van der Waals surface area contributed by atoms with Gasteiger partial charge in [0.15, 0.2) is 4.90 Å². The zero-order valence-electron chi connectivity index (χ0n) is 11.4. The summed E-state index contributed by atoms with van der Waals surface area (Å²) in [7, 11) is -4.05. The van der Waals surface area contributed by atoms with Gasteiger partial charge in [0.25, 0.3) is 5.69 Å². The first-order chi connectivity index (χ1) is 9.10. The van der Waals surface area contributed by atoms with Crippen LogP contribution < -0.4 is 4.72 Å². The maximum Gasteiger partial charge on any atom is 0.289 e. The Hall–Kier alpha value is -1.98. The van der Waals surface area contributed by atoms with Crippen LogP contribution in [0.25, 0.3) is 0 Å². The second-order valence-electron chi connectivity index (χ2n) is 5.00. The van der Waals surface area contributed by atoms with E-state index in [1.165, 1.54) is 19.1 Å². The van der Waals surface area contributed by atoms with Crippen molar-refractivity contribution in [3.05, 3.63) is 33.9 Å². The Morgan fingerprint density at radius 2 is 2.05 bits per heavy atom. The Balaban J connectivity index is 3.24. The largest absolute Gasteiger partial charge is 0.289 e. The summed E-state index contributed by atoms with van der Waals surface area (Å²) in [5.74, 6) is 0. The van der Waals surface area contributed by atoms with E-state index >= 15 is 0 Å². The Bertz CT molecular complexity index is 674. The fourth-order valence-corrected chi connectivity index (χ4v) is 3.12. The Kier molecular flexibility index (Phi) is 4.47. The minimum atomic E-state index is -4.05. The number of aryl methyl sites for hydroxylation is 1. The third-order valence-corrected chi connectivity index (χ3v) is 4.26. The van der Waals surface area contributed by atoms with Gasteiger partial charge < -0.3 is 0 Å². The number of nitrogens with zero attached hydrogens (tertiary/aromatic N) is 2. The number of hydrogen-bond acceptors (Lipinski definition) is 5. The highest BCUT2D eigenvalue weighted by Crippen LogP contribution is 2.27. The van der Waals surface area contributed by atoms with Crippen molar-refractivity contribution in [2.45, 2.75) is 25.7 Å². The lowest BCUT2D eigenvalue weighted by molar-refractivity contribution is -0.387. The van der Waals surface area contributed by atoms with E-state index < -0.39 is 26.0 Å². The first kappa shape index (κ1) is 16.1. The van der Waals surface area contributed by atoms with Crippen molar-refractivity contribution < 1.29 is 13.3 Å². The molecule has 0 aliphatic heterocycles. The highest BCUT2D eigenvalue weighted by atomic mass is 32.2. The van der Waals surface area contributed by atoms with E-state index in [2.05, 4.69) is 4.72 Å². The molecule has 0 atom stereocenters. The summed E-state index contributed by atoms with van der Waals surface area (Å²) in [6, 6.07) is 6.00. The summed E-state index contributed by atoms with van der Waals surface area (Å²) in [6.45, 7) is 4.50. The van der Waals surface area contributed by atoms with Crippen LogP contribution in [-0.4, -0.2) is 19.9 Å². The molecule has 108 valence electrons. The van der Waals surface area contributed by atoms with Gasteiger partial charge in [-0.3, -0.25) is 10.1 Å². The maximum absolute atomic E-state index is 12.2. The number of nitrogens with one attached hydrogen (secondary N) is 1. The summed E-state index contributed by atoms with van der Waals surface area (Å²) in [6.07, 6.45) is 0. The lowest BCUT2D eigenvalue weighted by Gasteiger charge is -2.16. The van der Waals surface area contributed by atoms with Gasteiger partial charge in [-0.1, -0.05) is 12.1 Å². The SMILES string of the molecule is Cc1cccc([N+](=O)[O-])c1S(=O)(=O)NCC(C)(C)C#N. The molecule has 0 aliphatic rings. The van der Waals surface area contributed by atoms with Crippen molar-refractivity contribution in [2.75, 3.05) is 6.54 Å². The van der Waals surface area contributed by atoms with Gasteiger partial charge in [0.1, 0.15) is 0 Å². The predicted molar refractivity (Wildman–Crippen MR) is 72.4 cm³/mol. The quantitative estimate of drug-likeness (QED) is 0.656. The zero-order chi connectivity index (χ0) is 15.6. The van der Waals surface area contributed by atoms with Crippen LogP contribution in [-0.2, 0) is 10.0 Å². The van der Waals surface area contributed by atoms with Gasteiger partial charge in [-0.2, -0.15) is 5.26 Å². The number of nitriles is 1. The molecular weight excluding hydrogens is 282 g/mol. The second-order valence-corrected chi connectivity index (χ2v) is 6.70. The molecule has 0 radical (unpaired) electrons. The Morgan fingerprint density at radius 3 is 2.55 bits per heavy atom. The summed E-state index contributed by atoms with van der Waals surface area (Å²) >= 11 is 0. The van der Waals surface area contributed by atoms with E-state index in [4.69, 9.17) is 5.26 Å². The van der Waals surface area contributed by atoms with E-state index in [-0.39, 0.29) is 17.0 Å². The topological polar surface area (TPSA) is 113 Å². The maximum atomic E-state index is 12.2. The monoisotopic (exact) mass is 297 g/mol. The second kappa shape index (κ2) is 5.56. The molecule has 0 amide bonds. The van der Waals surface area contributed by atoms with Gasteiger partial charge in [-0.05, 0) is 26.3 Å². The number of hydrogen-bond donors (Lipinski definition) is 1. The number of benzene rings is 1. The summed E-state index contributed by atoms with van der Waals surface area (Å²) < 4.78 is 26.7. The molecule has 0 aliphatic carbocycles. The summed E-state index contributed by atoms with van der Waals surface area (Å²) in [4.78, 5) is 9.84. The van der Waals surface area contributed by atoms with Crippen LogP contribution in [0, 0.1) is 33.8 Å². The van der Waals surface area contributed by atoms with Crippen LogP contribution in [0.15, 0.2) is 23.1 Å². The van der Waals surface area contributed by atoms with Crippen LogP contribution in [0.2, 0.25) is 0 Å². The fraction of sp³-hybridized carbons (Fsp3) is 0.417. The van der Waals surface area contributed by atoms with Crippen LogP contribution in [0.4, 0.5) is 5.69 Å². The molecule has 0 saturated heterocycles. The summed E-state index contributed by atoms with van der Waals surface area (Å²) in [5, 5.41) is 19.8. The van der Waals surface area contributed by atoms with Crippen molar-refractivity contribution in [3.63, 3.8) is 0 Å². The average Bonchev–Trinajstić information content (AvgIpc) is 2.36. The molecule has 0 saturated carbocycles. The van der Waals surface area contributed by atoms with Crippen LogP contribution >= 0.6 is 0 Å². The van der Waals surface area contributed by atoms with Crippen molar-refractivity contribution in [2.24, 2.45) is 5.41 Å². The first-order valence-electron chi connectivity index (χ1n) is 5.76. The molecule has 8 heteroatoms. The minimum absolute atomic E-state index is 0.128. The molecule has 0 fully saturated rings. The van der Waals surface area contributed by atoms with Crippen molar-refractivity contribution in [3.8, 4) is 6.07 Å². The standard InChI is InChI=1S/C12H15N3O4S/c1-9-5-4-6-10(15(16)17)11(9)20(18,19)14-8-12(2,3)7-13/h4-6,14H,8H2,1-3H3. The van der Waals surface area contributed by atoms with Gasteiger partial charge in [0, 0.05) is 12.6 Å². The molecule has 1 aromatic rings. The average molecular weight is 297 g/mol. The van der Waals surface area contributed by atoms with Gasteiger partial charge in [0.05, 0.1) is 16.4 Å². The Labute approximate surface area is 117 Å². The van der Waals surface area contributed by atoms with Crippen molar-refractivity contribution in [1.29, 1.82) is 5.26 Å². The van der Waals surface area contributed by atoms with Crippen molar-refractivity contribution in [1.82, 2.24) is 4.72 Å². The fourth-order valence-electron chi connectivity index (χ4n) is 1.52. The smallest absolute Gasteiger partial charge is 0.258 e. The minimum Gasteiger partial charge on any atom is -0.258 e.